The van der Waals surface area contributed by atoms with Crippen LogP contribution in [0.3, 0.4) is 0 Å². The van der Waals surface area contributed by atoms with E-state index in [9.17, 15) is 24.3 Å². The maximum atomic E-state index is 12.9. The third-order valence-corrected chi connectivity index (χ3v) is 7.87. The van der Waals surface area contributed by atoms with E-state index in [1.54, 1.807) is 28.1 Å². The molecule has 0 saturated carbocycles. The molecule has 0 aliphatic rings. The highest BCUT2D eigenvalue weighted by Gasteiger charge is 2.32. The molecule has 13 nitrogen and oxygen atoms in total. The number of nitrogens with one attached hydrogen (secondary N) is 1. The maximum absolute atomic E-state index is 12.9. The van der Waals surface area contributed by atoms with Crippen LogP contribution in [-0.4, -0.2) is 85.2 Å². The first-order valence-corrected chi connectivity index (χ1v) is 15.8. The number of aliphatic carboxylic acids is 2. The summed E-state index contributed by atoms with van der Waals surface area (Å²) in [4.78, 5) is 43.7. The van der Waals surface area contributed by atoms with Crippen molar-refractivity contribution < 1.29 is 48.7 Å². The summed E-state index contributed by atoms with van der Waals surface area (Å²) in [7, 11) is 3.29. The summed E-state index contributed by atoms with van der Waals surface area (Å²) < 4.78 is 16.5. The number of amides is 2. The quantitative estimate of drug-likeness (QED) is 0.0826. The van der Waals surface area contributed by atoms with Crippen molar-refractivity contribution in [2.75, 3.05) is 34.0 Å². The normalized spacial score (nSPS) is 14.1. The van der Waals surface area contributed by atoms with E-state index in [2.05, 4.69) is 19.2 Å². The van der Waals surface area contributed by atoms with Gasteiger partial charge in [-0.05, 0) is 68.6 Å². The second kappa shape index (κ2) is 22.0. The van der Waals surface area contributed by atoms with E-state index in [-0.39, 0.29) is 30.7 Å². The van der Waals surface area contributed by atoms with Gasteiger partial charge in [-0.1, -0.05) is 33.8 Å². The summed E-state index contributed by atoms with van der Waals surface area (Å²) in [6, 6.07) is 5.47. The molecule has 1 rings (SSSR count). The number of rotatable bonds is 21. The molecule has 0 fully saturated rings. The zero-order chi connectivity index (χ0) is 36.3. The van der Waals surface area contributed by atoms with Gasteiger partial charge in [0.25, 0.3) is 0 Å². The first kappa shape index (κ1) is 43.3. The Morgan fingerprint density at radius 2 is 1.53 bits per heavy atom. The second-order valence-electron chi connectivity index (χ2n) is 12.9. The Morgan fingerprint density at radius 1 is 0.936 bits per heavy atom. The van der Waals surface area contributed by atoms with E-state index in [1.807, 2.05) is 32.0 Å². The average molecular weight is 668 g/mol. The molecule has 0 aliphatic heterocycles. The molecule has 8 N–H and O–H groups in total. The van der Waals surface area contributed by atoms with Gasteiger partial charge in [0.05, 0.1) is 25.2 Å². The Morgan fingerprint density at radius 3 is 2.00 bits per heavy atom. The van der Waals surface area contributed by atoms with Crippen molar-refractivity contribution in [2.45, 2.75) is 79.4 Å². The smallest absolute Gasteiger partial charge is 0.328 e. The molecule has 13 heteroatoms. The number of primary amides is 1. The predicted molar refractivity (Wildman–Crippen MR) is 179 cm³/mol. The molecule has 2 amide bonds. The van der Waals surface area contributed by atoms with Gasteiger partial charge in [0.1, 0.15) is 0 Å². The third kappa shape index (κ3) is 17.7. The fraction of sp³-hybridized carbons (Fsp3) is 0.647. The number of carbonyl (C=O) groups excluding carboxylic acids is 2. The first-order valence-electron chi connectivity index (χ1n) is 15.8. The van der Waals surface area contributed by atoms with Gasteiger partial charge in [-0.15, -0.1) is 0 Å². The minimum absolute atomic E-state index is 0.00829. The number of aliphatic hydroxyl groups excluding tert-OH is 1. The largest absolute Gasteiger partial charge is 0.493 e. The highest BCUT2D eigenvalue weighted by molar-refractivity contribution is 5.89. The van der Waals surface area contributed by atoms with Crippen molar-refractivity contribution >= 4 is 23.8 Å². The van der Waals surface area contributed by atoms with Crippen molar-refractivity contribution in [1.29, 1.82) is 0 Å². The van der Waals surface area contributed by atoms with Crippen LogP contribution in [0.2, 0.25) is 0 Å². The predicted octanol–water partition coefficient (Wildman–Crippen LogP) is 3.01. The highest BCUT2D eigenvalue weighted by atomic mass is 16.5. The molecule has 0 aliphatic carbocycles. The Hall–Kier alpha value is -3.68. The monoisotopic (exact) mass is 667 g/mol. The van der Waals surface area contributed by atoms with Crippen LogP contribution in [0.4, 0.5) is 0 Å². The van der Waals surface area contributed by atoms with Gasteiger partial charge in [-0.2, -0.15) is 0 Å². The molecule has 1 aromatic rings. The van der Waals surface area contributed by atoms with Gasteiger partial charge in [0.2, 0.25) is 11.8 Å². The summed E-state index contributed by atoms with van der Waals surface area (Å²) in [6.45, 7) is 12.9. The standard InChI is InChI=1S/C30H53N3O6.C4H4O4/c1-19(2)22(14-21-10-11-26(38-8)27(15-21)39-13-9-12-37-7)16-24(31)25(34)17-23(20(3)4)28(35)33-18-30(5,6)29(32)36;5-3(6)1-2-4(7)8/h10-11,15,19-20,22-25,34H,9,12-14,16-18,31H2,1-8H3,(H2,32,36)(H,33,35);1-2H,(H,5,6)(H,7,8)/b;2-1+. The fourth-order valence-corrected chi connectivity index (χ4v) is 4.53. The summed E-state index contributed by atoms with van der Waals surface area (Å²) in [5.74, 6) is -1.72. The lowest BCUT2D eigenvalue weighted by molar-refractivity contribution is -0.134. The SMILES string of the molecule is COCCCOc1cc(CC(CC(N)C(O)CC(C(=O)NCC(C)(C)C(N)=O)C(C)C)C(C)C)ccc1OC.O=C(O)/C=C/C(=O)O. The minimum atomic E-state index is -1.26. The van der Waals surface area contributed by atoms with Crippen molar-refractivity contribution in [1.82, 2.24) is 5.32 Å². The average Bonchev–Trinajstić information content (AvgIpc) is 2.99. The summed E-state index contributed by atoms with van der Waals surface area (Å²) in [5, 5.41) is 29.5. The lowest BCUT2D eigenvalue weighted by atomic mass is 9.80. The Kier molecular flexibility index (Phi) is 20.3. The van der Waals surface area contributed by atoms with Crippen LogP contribution in [0.25, 0.3) is 0 Å². The summed E-state index contributed by atoms with van der Waals surface area (Å²) in [6.07, 6.45) is 2.68. The molecule has 1 aromatic carbocycles. The van der Waals surface area contributed by atoms with Crippen LogP contribution in [0.15, 0.2) is 30.4 Å². The van der Waals surface area contributed by atoms with Gasteiger partial charge in [-0.3, -0.25) is 9.59 Å². The lowest BCUT2D eigenvalue weighted by Gasteiger charge is -2.30. The number of hydrogen-bond donors (Lipinski definition) is 6. The number of nitrogens with two attached hydrogens (primary N) is 2. The van der Waals surface area contributed by atoms with Crippen molar-refractivity contribution in [3.63, 3.8) is 0 Å². The van der Waals surface area contributed by atoms with E-state index in [0.717, 1.165) is 18.4 Å². The molecular formula is C34H57N3O10. The van der Waals surface area contributed by atoms with Crippen LogP contribution in [0.1, 0.15) is 66.4 Å². The van der Waals surface area contributed by atoms with E-state index < -0.39 is 41.3 Å². The fourth-order valence-electron chi connectivity index (χ4n) is 4.53. The van der Waals surface area contributed by atoms with Crippen LogP contribution in [-0.2, 0) is 30.3 Å². The number of benzene rings is 1. The zero-order valence-corrected chi connectivity index (χ0v) is 29.2. The van der Waals surface area contributed by atoms with Crippen LogP contribution < -0.4 is 26.3 Å². The molecule has 0 aromatic heterocycles. The number of hydrogen-bond acceptors (Lipinski definition) is 9. The Balaban J connectivity index is 0.00000233. The second-order valence-corrected chi connectivity index (χ2v) is 12.9. The number of carboxylic acids is 2. The molecule has 0 spiro atoms. The first-order chi connectivity index (χ1) is 21.9. The number of aliphatic hydroxyl groups is 1. The highest BCUT2D eigenvalue weighted by Crippen LogP contribution is 2.32. The summed E-state index contributed by atoms with van der Waals surface area (Å²) in [5.41, 5.74) is 12.2. The van der Waals surface area contributed by atoms with Crippen LogP contribution >= 0.6 is 0 Å². The van der Waals surface area contributed by atoms with Crippen LogP contribution in [0.5, 0.6) is 11.5 Å². The molecule has 4 atom stereocenters. The molecule has 47 heavy (non-hydrogen) atoms. The Labute approximate surface area is 279 Å². The van der Waals surface area contributed by atoms with Crippen molar-refractivity contribution in [3.05, 3.63) is 35.9 Å². The molecule has 268 valence electrons. The van der Waals surface area contributed by atoms with E-state index >= 15 is 0 Å². The van der Waals surface area contributed by atoms with E-state index in [4.69, 9.17) is 35.9 Å². The summed E-state index contributed by atoms with van der Waals surface area (Å²) >= 11 is 0. The number of ether oxygens (including phenoxy) is 3. The van der Waals surface area contributed by atoms with Crippen LogP contribution in [0, 0.1) is 29.1 Å². The number of carbonyl (C=O) groups is 4. The molecule has 0 radical (unpaired) electrons. The van der Waals surface area contributed by atoms with Gasteiger partial charge in [0.15, 0.2) is 11.5 Å². The van der Waals surface area contributed by atoms with Gasteiger partial charge in [0, 0.05) is 50.8 Å². The van der Waals surface area contributed by atoms with E-state index in [0.29, 0.717) is 49.2 Å². The zero-order valence-electron chi connectivity index (χ0n) is 29.2. The topological polar surface area (TPSA) is 221 Å². The molecule has 0 saturated heterocycles. The molecule has 4 unspecified atom stereocenters. The molecule has 0 bridgehead atoms. The third-order valence-electron chi connectivity index (χ3n) is 7.87. The van der Waals surface area contributed by atoms with Gasteiger partial charge < -0.3 is 46.3 Å². The van der Waals surface area contributed by atoms with E-state index in [1.165, 1.54) is 0 Å². The van der Waals surface area contributed by atoms with Gasteiger partial charge in [-0.25, -0.2) is 9.59 Å². The number of methoxy groups -OCH3 is 2. The number of carboxylic acid groups (broad SMARTS) is 2. The molecular weight excluding hydrogens is 610 g/mol. The minimum Gasteiger partial charge on any atom is -0.493 e. The van der Waals surface area contributed by atoms with Gasteiger partial charge >= 0.3 is 11.9 Å². The van der Waals surface area contributed by atoms with Crippen molar-refractivity contribution in [2.24, 2.45) is 40.6 Å². The van der Waals surface area contributed by atoms with Crippen molar-refractivity contribution in [3.8, 4) is 11.5 Å². The Bertz CT molecular complexity index is 1140. The lowest BCUT2D eigenvalue weighted by Crippen LogP contribution is -2.46. The maximum Gasteiger partial charge on any atom is 0.328 e. The molecule has 0 heterocycles.